The van der Waals surface area contributed by atoms with Crippen molar-refractivity contribution in [1.82, 2.24) is 15.5 Å². The molecule has 0 unspecified atom stereocenters. The van der Waals surface area contributed by atoms with Crippen LogP contribution < -0.4 is 5.32 Å². The summed E-state index contributed by atoms with van der Waals surface area (Å²) in [7, 11) is 0. The van der Waals surface area contributed by atoms with Crippen LogP contribution >= 0.6 is 11.3 Å². The molecule has 0 aliphatic carbocycles. The molecule has 2 rings (SSSR count). The highest BCUT2D eigenvalue weighted by Crippen LogP contribution is 2.22. The SMILES string of the molecule is CC(C)(C)NCc1nnc(-c2cccs2)o1. The standard InChI is InChI=1S/C11H15N3OS/c1-11(2,3)12-7-9-13-14-10(15-9)8-5-4-6-16-8/h4-6,12H,7H2,1-3H3. The molecule has 0 spiro atoms. The van der Waals surface area contributed by atoms with Gasteiger partial charge in [-0.3, -0.25) is 0 Å². The van der Waals surface area contributed by atoms with Crippen LogP contribution in [0.15, 0.2) is 21.9 Å². The first-order chi connectivity index (χ1) is 7.54. The van der Waals surface area contributed by atoms with Gasteiger partial charge in [-0.1, -0.05) is 6.07 Å². The average molecular weight is 237 g/mol. The first kappa shape index (κ1) is 11.3. The van der Waals surface area contributed by atoms with Gasteiger partial charge in [-0.25, -0.2) is 0 Å². The molecule has 0 fully saturated rings. The summed E-state index contributed by atoms with van der Waals surface area (Å²) in [5.41, 5.74) is 0.0531. The molecule has 86 valence electrons. The summed E-state index contributed by atoms with van der Waals surface area (Å²) in [6.45, 7) is 6.90. The van der Waals surface area contributed by atoms with E-state index in [4.69, 9.17) is 4.42 Å². The van der Waals surface area contributed by atoms with Crippen LogP contribution in [0.2, 0.25) is 0 Å². The minimum Gasteiger partial charge on any atom is -0.419 e. The molecule has 0 aliphatic rings. The van der Waals surface area contributed by atoms with E-state index in [-0.39, 0.29) is 5.54 Å². The topological polar surface area (TPSA) is 51.0 Å². The number of nitrogens with zero attached hydrogens (tertiary/aromatic N) is 2. The van der Waals surface area contributed by atoms with E-state index in [1.165, 1.54) is 0 Å². The van der Waals surface area contributed by atoms with Gasteiger partial charge in [0.2, 0.25) is 5.89 Å². The first-order valence-corrected chi connectivity index (χ1v) is 6.04. The summed E-state index contributed by atoms with van der Waals surface area (Å²) in [6, 6.07) is 3.94. The van der Waals surface area contributed by atoms with Crippen LogP contribution in [0.3, 0.4) is 0 Å². The number of nitrogens with one attached hydrogen (secondary N) is 1. The third kappa shape index (κ3) is 2.90. The second kappa shape index (κ2) is 4.35. The quantitative estimate of drug-likeness (QED) is 0.891. The van der Waals surface area contributed by atoms with E-state index in [9.17, 15) is 0 Å². The van der Waals surface area contributed by atoms with Gasteiger partial charge in [0, 0.05) is 5.54 Å². The second-order valence-corrected chi connectivity index (χ2v) is 5.53. The Morgan fingerprint density at radius 3 is 2.81 bits per heavy atom. The van der Waals surface area contributed by atoms with Gasteiger partial charge in [0.15, 0.2) is 0 Å². The van der Waals surface area contributed by atoms with Crippen LogP contribution in [-0.2, 0) is 6.54 Å². The Bertz CT molecular complexity index is 442. The van der Waals surface area contributed by atoms with Gasteiger partial charge in [-0.05, 0) is 32.2 Å². The van der Waals surface area contributed by atoms with Crippen molar-refractivity contribution in [1.29, 1.82) is 0 Å². The van der Waals surface area contributed by atoms with Crippen molar-refractivity contribution in [2.45, 2.75) is 32.9 Å². The van der Waals surface area contributed by atoms with Crippen molar-refractivity contribution in [3.8, 4) is 10.8 Å². The zero-order valence-electron chi connectivity index (χ0n) is 9.65. The molecule has 0 aliphatic heterocycles. The molecule has 1 N–H and O–H groups in total. The van der Waals surface area contributed by atoms with E-state index < -0.39 is 0 Å². The van der Waals surface area contributed by atoms with E-state index >= 15 is 0 Å². The lowest BCUT2D eigenvalue weighted by atomic mass is 10.1. The van der Waals surface area contributed by atoms with Crippen LogP contribution in [0.25, 0.3) is 10.8 Å². The fourth-order valence-corrected chi connectivity index (χ4v) is 1.81. The summed E-state index contributed by atoms with van der Waals surface area (Å²) in [6.07, 6.45) is 0. The van der Waals surface area contributed by atoms with Gasteiger partial charge in [0.1, 0.15) is 0 Å². The number of rotatable bonds is 3. The zero-order valence-corrected chi connectivity index (χ0v) is 10.5. The van der Waals surface area contributed by atoms with Gasteiger partial charge in [0.05, 0.1) is 11.4 Å². The molecule has 2 aromatic rings. The lowest BCUT2D eigenvalue weighted by Gasteiger charge is -2.18. The van der Waals surface area contributed by atoms with Crippen molar-refractivity contribution in [3.63, 3.8) is 0 Å². The van der Waals surface area contributed by atoms with Gasteiger partial charge >= 0.3 is 0 Å². The van der Waals surface area contributed by atoms with Crippen LogP contribution in [0.4, 0.5) is 0 Å². The normalized spacial score (nSPS) is 11.9. The zero-order chi connectivity index (χ0) is 11.6. The largest absolute Gasteiger partial charge is 0.419 e. The van der Waals surface area contributed by atoms with Crippen molar-refractivity contribution in [2.24, 2.45) is 0 Å². The lowest BCUT2D eigenvalue weighted by Crippen LogP contribution is -2.35. The molecule has 0 saturated heterocycles. The number of hydrogen-bond donors (Lipinski definition) is 1. The maximum Gasteiger partial charge on any atom is 0.257 e. The maximum absolute atomic E-state index is 5.55. The Morgan fingerprint density at radius 2 is 2.19 bits per heavy atom. The van der Waals surface area contributed by atoms with Gasteiger partial charge in [-0.15, -0.1) is 21.5 Å². The summed E-state index contributed by atoms with van der Waals surface area (Å²) in [4.78, 5) is 1.01. The van der Waals surface area contributed by atoms with E-state index in [1.807, 2.05) is 17.5 Å². The molecule has 0 saturated carbocycles. The van der Waals surface area contributed by atoms with Crippen molar-refractivity contribution < 1.29 is 4.42 Å². The summed E-state index contributed by atoms with van der Waals surface area (Å²) in [5, 5.41) is 13.3. The Labute approximate surface area is 98.7 Å². The summed E-state index contributed by atoms with van der Waals surface area (Å²) in [5.74, 6) is 1.22. The predicted octanol–water partition coefficient (Wildman–Crippen LogP) is 2.69. The van der Waals surface area contributed by atoms with Gasteiger partial charge < -0.3 is 9.73 Å². The van der Waals surface area contributed by atoms with E-state index in [0.717, 1.165) is 4.88 Å². The predicted molar refractivity (Wildman–Crippen MR) is 64.2 cm³/mol. The minimum absolute atomic E-state index is 0.0531. The first-order valence-electron chi connectivity index (χ1n) is 5.16. The number of thiophene rings is 1. The van der Waals surface area contributed by atoms with Crippen molar-refractivity contribution >= 4 is 11.3 Å². The summed E-state index contributed by atoms with van der Waals surface area (Å²) >= 11 is 1.60. The van der Waals surface area contributed by atoms with E-state index in [1.54, 1.807) is 11.3 Å². The minimum atomic E-state index is 0.0531. The van der Waals surface area contributed by atoms with Crippen molar-refractivity contribution in [3.05, 3.63) is 23.4 Å². The molecule has 16 heavy (non-hydrogen) atoms. The van der Waals surface area contributed by atoms with Gasteiger partial charge in [0.25, 0.3) is 5.89 Å². The third-order valence-electron chi connectivity index (χ3n) is 1.97. The molecular weight excluding hydrogens is 222 g/mol. The van der Waals surface area contributed by atoms with Crippen LogP contribution in [-0.4, -0.2) is 15.7 Å². The second-order valence-electron chi connectivity index (χ2n) is 4.58. The van der Waals surface area contributed by atoms with Crippen LogP contribution in [0.1, 0.15) is 26.7 Å². The highest BCUT2D eigenvalue weighted by molar-refractivity contribution is 7.13. The average Bonchev–Trinajstić information content (AvgIpc) is 2.84. The highest BCUT2D eigenvalue weighted by atomic mass is 32.1. The Hall–Kier alpha value is -1.20. The van der Waals surface area contributed by atoms with E-state index in [2.05, 4.69) is 36.3 Å². The Kier molecular flexibility index (Phi) is 3.07. The molecule has 0 amide bonds. The fraction of sp³-hybridized carbons (Fsp3) is 0.455. The molecule has 5 heteroatoms. The molecule has 0 atom stereocenters. The molecular formula is C11H15N3OS. The smallest absolute Gasteiger partial charge is 0.257 e. The Balaban J connectivity index is 2.03. The molecule has 2 aromatic heterocycles. The fourth-order valence-electron chi connectivity index (χ4n) is 1.17. The molecule has 4 nitrogen and oxygen atoms in total. The molecule has 0 bridgehead atoms. The Morgan fingerprint density at radius 1 is 1.38 bits per heavy atom. The van der Waals surface area contributed by atoms with Crippen molar-refractivity contribution in [2.75, 3.05) is 0 Å². The van der Waals surface area contributed by atoms with E-state index in [0.29, 0.717) is 18.3 Å². The van der Waals surface area contributed by atoms with Crippen LogP contribution in [0.5, 0.6) is 0 Å². The summed E-state index contributed by atoms with van der Waals surface area (Å²) < 4.78 is 5.55. The lowest BCUT2D eigenvalue weighted by molar-refractivity contribution is 0.384. The molecule has 0 aromatic carbocycles. The maximum atomic E-state index is 5.55. The monoisotopic (exact) mass is 237 g/mol. The molecule has 2 heterocycles. The number of hydrogen-bond acceptors (Lipinski definition) is 5. The van der Waals surface area contributed by atoms with Crippen LogP contribution in [0, 0.1) is 0 Å². The van der Waals surface area contributed by atoms with Gasteiger partial charge in [-0.2, -0.15) is 0 Å². The highest BCUT2D eigenvalue weighted by Gasteiger charge is 2.13. The third-order valence-corrected chi connectivity index (χ3v) is 2.83. The number of aromatic nitrogens is 2. The molecule has 0 radical (unpaired) electrons.